The lowest BCUT2D eigenvalue weighted by atomic mass is 9.97. The Labute approximate surface area is 121 Å². The molecular weight excluding hydrogens is 260 g/mol. The first kappa shape index (κ1) is 16.8. The zero-order valence-electron chi connectivity index (χ0n) is 12.9. The molecule has 116 valence electrons. The summed E-state index contributed by atoms with van der Waals surface area (Å²) in [6.07, 6.45) is 1.49. The van der Waals surface area contributed by atoms with Gasteiger partial charge in [0.2, 0.25) is 0 Å². The van der Waals surface area contributed by atoms with E-state index in [0.29, 0.717) is 39.1 Å². The van der Waals surface area contributed by atoms with E-state index in [0.717, 1.165) is 0 Å². The monoisotopic (exact) mass is 286 g/mol. The highest BCUT2D eigenvalue weighted by atomic mass is 16.6. The number of carbonyl (C=O) groups excluding carboxylic acids is 2. The highest BCUT2D eigenvalue weighted by Crippen LogP contribution is 2.19. The zero-order valence-corrected chi connectivity index (χ0v) is 12.9. The quantitative estimate of drug-likeness (QED) is 0.565. The van der Waals surface area contributed by atoms with Crippen molar-refractivity contribution in [2.24, 2.45) is 5.92 Å². The van der Waals surface area contributed by atoms with Gasteiger partial charge in [0.15, 0.2) is 0 Å². The van der Waals surface area contributed by atoms with Crippen LogP contribution >= 0.6 is 0 Å². The van der Waals surface area contributed by atoms with E-state index in [4.69, 9.17) is 9.47 Å². The molecule has 0 saturated carbocycles. The van der Waals surface area contributed by atoms with Crippen molar-refractivity contribution in [3.05, 3.63) is 0 Å². The fourth-order valence-electron chi connectivity index (χ4n) is 2.13. The molecule has 0 aromatic carbocycles. The summed E-state index contributed by atoms with van der Waals surface area (Å²) >= 11 is 0. The van der Waals surface area contributed by atoms with Crippen molar-refractivity contribution in [2.45, 2.75) is 32.8 Å². The predicted octanol–water partition coefficient (Wildman–Crippen LogP) is 1.35. The van der Waals surface area contributed by atoms with Gasteiger partial charge in [-0.05, 0) is 26.7 Å². The summed E-state index contributed by atoms with van der Waals surface area (Å²) in [4.78, 5) is 27.0. The van der Waals surface area contributed by atoms with Gasteiger partial charge in [-0.3, -0.25) is 4.79 Å². The fourth-order valence-corrected chi connectivity index (χ4v) is 2.13. The molecule has 2 amide bonds. The Balaban J connectivity index is 2.24. The standard InChI is InChI=1S/C14H26N2O4/c1-11(2)19-9-10-20-13(17)12-5-7-16(8-6-12)14(18)15(3)4/h11-12H,5-10H2,1-4H3. The summed E-state index contributed by atoms with van der Waals surface area (Å²) in [6.45, 7) is 5.84. The number of ether oxygens (including phenoxy) is 2. The Bertz CT molecular complexity index is 323. The van der Waals surface area contributed by atoms with Crippen molar-refractivity contribution in [1.82, 2.24) is 9.80 Å². The van der Waals surface area contributed by atoms with E-state index in [1.807, 2.05) is 13.8 Å². The second-order valence-corrected chi connectivity index (χ2v) is 5.53. The molecule has 1 fully saturated rings. The molecule has 6 heteroatoms. The van der Waals surface area contributed by atoms with Gasteiger partial charge in [-0.25, -0.2) is 4.79 Å². The van der Waals surface area contributed by atoms with E-state index >= 15 is 0 Å². The van der Waals surface area contributed by atoms with Gasteiger partial charge >= 0.3 is 12.0 Å². The third kappa shape index (κ3) is 5.36. The highest BCUT2D eigenvalue weighted by molar-refractivity contribution is 5.75. The van der Waals surface area contributed by atoms with E-state index < -0.39 is 0 Å². The Kier molecular flexibility index (Phi) is 6.78. The van der Waals surface area contributed by atoms with Gasteiger partial charge in [0.1, 0.15) is 6.61 Å². The number of hydrogen-bond acceptors (Lipinski definition) is 4. The molecule has 0 bridgehead atoms. The maximum absolute atomic E-state index is 11.9. The van der Waals surface area contributed by atoms with E-state index in [1.165, 1.54) is 0 Å². The molecule has 1 heterocycles. The molecule has 0 N–H and O–H groups in total. The molecule has 1 rings (SSSR count). The van der Waals surface area contributed by atoms with E-state index in [-0.39, 0.29) is 24.0 Å². The summed E-state index contributed by atoms with van der Waals surface area (Å²) < 4.78 is 10.5. The lowest BCUT2D eigenvalue weighted by Crippen LogP contribution is -2.45. The number of urea groups is 1. The highest BCUT2D eigenvalue weighted by Gasteiger charge is 2.28. The van der Waals surface area contributed by atoms with Gasteiger partial charge in [0, 0.05) is 27.2 Å². The molecule has 0 radical (unpaired) electrons. The third-order valence-corrected chi connectivity index (χ3v) is 3.26. The average molecular weight is 286 g/mol. The molecule has 6 nitrogen and oxygen atoms in total. The lowest BCUT2D eigenvalue weighted by molar-refractivity contribution is -0.152. The van der Waals surface area contributed by atoms with Crippen molar-refractivity contribution < 1.29 is 19.1 Å². The molecule has 20 heavy (non-hydrogen) atoms. The van der Waals surface area contributed by atoms with Crippen LogP contribution in [0, 0.1) is 5.92 Å². The van der Waals surface area contributed by atoms with Crippen molar-refractivity contribution in [3.63, 3.8) is 0 Å². The minimum Gasteiger partial charge on any atom is -0.463 e. The SMILES string of the molecule is CC(C)OCCOC(=O)C1CCN(C(=O)N(C)C)CC1. The van der Waals surface area contributed by atoms with Gasteiger partial charge in [0.05, 0.1) is 18.6 Å². The van der Waals surface area contributed by atoms with Crippen LogP contribution in [0.25, 0.3) is 0 Å². The summed E-state index contributed by atoms with van der Waals surface area (Å²) in [5, 5.41) is 0. The maximum Gasteiger partial charge on any atom is 0.319 e. The van der Waals surface area contributed by atoms with Crippen molar-refractivity contribution >= 4 is 12.0 Å². The summed E-state index contributed by atoms with van der Waals surface area (Å²) in [6, 6.07) is 0.00199. The molecule has 0 aliphatic carbocycles. The van der Waals surface area contributed by atoms with Gasteiger partial charge < -0.3 is 19.3 Å². The Hall–Kier alpha value is -1.30. The molecule has 0 atom stereocenters. The van der Waals surface area contributed by atoms with E-state index in [2.05, 4.69) is 0 Å². The molecule has 1 saturated heterocycles. The molecule has 0 aromatic heterocycles. The van der Waals surface area contributed by atoms with Crippen molar-refractivity contribution in [2.75, 3.05) is 40.4 Å². The number of piperidine rings is 1. The molecule has 0 aromatic rings. The second-order valence-electron chi connectivity index (χ2n) is 5.53. The molecule has 1 aliphatic heterocycles. The van der Waals surface area contributed by atoms with Crippen LogP contribution in [0.4, 0.5) is 4.79 Å². The normalized spacial score (nSPS) is 16.4. The number of rotatable bonds is 5. The second kappa shape index (κ2) is 8.09. The van der Waals surface area contributed by atoms with Crippen LogP contribution < -0.4 is 0 Å². The number of likely N-dealkylation sites (tertiary alicyclic amines) is 1. The number of esters is 1. The van der Waals surface area contributed by atoms with Crippen LogP contribution in [0.3, 0.4) is 0 Å². The van der Waals surface area contributed by atoms with Gasteiger partial charge in [0.25, 0.3) is 0 Å². The molecular formula is C14H26N2O4. The molecule has 0 unspecified atom stereocenters. The van der Waals surface area contributed by atoms with Crippen LogP contribution in [0.2, 0.25) is 0 Å². The predicted molar refractivity (Wildman–Crippen MR) is 75.4 cm³/mol. The van der Waals surface area contributed by atoms with Crippen LogP contribution in [-0.2, 0) is 14.3 Å². The first-order valence-corrected chi connectivity index (χ1v) is 7.16. The largest absolute Gasteiger partial charge is 0.463 e. The molecule has 1 aliphatic rings. The van der Waals surface area contributed by atoms with Gasteiger partial charge in [-0.1, -0.05) is 0 Å². The summed E-state index contributed by atoms with van der Waals surface area (Å²) in [7, 11) is 3.47. The van der Waals surface area contributed by atoms with Crippen LogP contribution in [0.5, 0.6) is 0 Å². The number of nitrogens with zero attached hydrogens (tertiary/aromatic N) is 2. The summed E-state index contributed by atoms with van der Waals surface area (Å²) in [5.41, 5.74) is 0. The van der Waals surface area contributed by atoms with Crippen LogP contribution in [0.1, 0.15) is 26.7 Å². The van der Waals surface area contributed by atoms with E-state index in [1.54, 1.807) is 23.9 Å². The lowest BCUT2D eigenvalue weighted by Gasteiger charge is -2.32. The first-order chi connectivity index (χ1) is 9.41. The summed E-state index contributed by atoms with van der Waals surface area (Å²) in [5.74, 6) is -0.269. The Morgan fingerprint density at radius 2 is 1.80 bits per heavy atom. The topological polar surface area (TPSA) is 59.1 Å². The average Bonchev–Trinajstić information content (AvgIpc) is 2.42. The van der Waals surface area contributed by atoms with Crippen molar-refractivity contribution in [3.8, 4) is 0 Å². The van der Waals surface area contributed by atoms with Crippen molar-refractivity contribution in [1.29, 1.82) is 0 Å². The fraction of sp³-hybridized carbons (Fsp3) is 0.857. The first-order valence-electron chi connectivity index (χ1n) is 7.16. The third-order valence-electron chi connectivity index (χ3n) is 3.26. The maximum atomic E-state index is 11.9. The number of amides is 2. The van der Waals surface area contributed by atoms with Gasteiger partial charge in [-0.15, -0.1) is 0 Å². The van der Waals surface area contributed by atoms with Gasteiger partial charge in [-0.2, -0.15) is 0 Å². The number of hydrogen-bond donors (Lipinski definition) is 0. The minimum atomic E-state index is -0.172. The van der Waals surface area contributed by atoms with Crippen LogP contribution in [-0.4, -0.2) is 68.3 Å². The number of carbonyl (C=O) groups is 2. The zero-order chi connectivity index (χ0) is 15.1. The minimum absolute atomic E-state index is 0.00199. The van der Waals surface area contributed by atoms with E-state index in [9.17, 15) is 9.59 Å². The van der Waals surface area contributed by atoms with Crippen LogP contribution in [0.15, 0.2) is 0 Å². The molecule has 0 spiro atoms. The smallest absolute Gasteiger partial charge is 0.319 e. The Morgan fingerprint density at radius 1 is 1.20 bits per heavy atom. The Morgan fingerprint density at radius 3 is 2.30 bits per heavy atom.